The van der Waals surface area contributed by atoms with Gasteiger partial charge < -0.3 is 5.73 Å². The summed E-state index contributed by atoms with van der Waals surface area (Å²) >= 11 is 1.63. The van der Waals surface area contributed by atoms with Crippen LogP contribution in [0, 0.1) is 0 Å². The Balaban J connectivity index is 2.20. The summed E-state index contributed by atoms with van der Waals surface area (Å²) in [5.41, 5.74) is 7.11. The number of rotatable bonds is 4. The van der Waals surface area contributed by atoms with Crippen LogP contribution in [0.5, 0.6) is 0 Å². The summed E-state index contributed by atoms with van der Waals surface area (Å²) in [6.45, 7) is 2.02. The largest absolute Gasteiger partial charge is 0.328 e. The summed E-state index contributed by atoms with van der Waals surface area (Å²) in [6.07, 6.45) is 6.03. The third-order valence-corrected chi connectivity index (χ3v) is 3.31. The van der Waals surface area contributed by atoms with E-state index in [2.05, 4.69) is 22.1 Å². The molecule has 3 nitrogen and oxygen atoms in total. The van der Waals surface area contributed by atoms with Gasteiger partial charge in [0.05, 0.1) is 6.20 Å². The van der Waals surface area contributed by atoms with Gasteiger partial charge in [0, 0.05) is 23.3 Å². The van der Waals surface area contributed by atoms with Crippen LogP contribution in [-0.4, -0.2) is 16.0 Å². The van der Waals surface area contributed by atoms with Crippen LogP contribution in [0.3, 0.4) is 0 Å². The second-order valence-corrected chi connectivity index (χ2v) is 5.00. The molecule has 0 saturated carbocycles. The molecule has 0 saturated heterocycles. The molecule has 0 radical (unpaired) electrons. The topological polar surface area (TPSA) is 51.8 Å². The number of aromatic nitrogens is 2. The lowest BCUT2D eigenvalue weighted by Crippen LogP contribution is -2.18. The highest BCUT2D eigenvalue weighted by Crippen LogP contribution is 2.28. The summed E-state index contributed by atoms with van der Waals surface area (Å²) in [7, 11) is 0. The van der Waals surface area contributed by atoms with Crippen molar-refractivity contribution in [1.29, 1.82) is 0 Å². The van der Waals surface area contributed by atoms with Gasteiger partial charge in [-0.25, -0.2) is 4.98 Å². The zero-order valence-electron chi connectivity index (χ0n) is 9.71. The van der Waals surface area contributed by atoms with Crippen molar-refractivity contribution in [1.82, 2.24) is 9.97 Å². The SMILES string of the molecule is CC(N)Cc1ccccc1Sc1cnccn1. The average Bonchev–Trinajstić information content (AvgIpc) is 2.32. The Morgan fingerprint density at radius 2 is 2.12 bits per heavy atom. The highest BCUT2D eigenvalue weighted by Gasteiger charge is 2.06. The highest BCUT2D eigenvalue weighted by molar-refractivity contribution is 7.99. The minimum absolute atomic E-state index is 0.165. The summed E-state index contributed by atoms with van der Waals surface area (Å²) in [4.78, 5) is 9.53. The molecule has 1 atom stereocenters. The van der Waals surface area contributed by atoms with Crippen molar-refractivity contribution < 1.29 is 0 Å². The van der Waals surface area contributed by atoms with E-state index in [4.69, 9.17) is 5.73 Å². The Morgan fingerprint density at radius 3 is 2.82 bits per heavy atom. The van der Waals surface area contributed by atoms with E-state index in [-0.39, 0.29) is 6.04 Å². The van der Waals surface area contributed by atoms with Crippen LogP contribution in [-0.2, 0) is 6.42 Å². The van der Waals surface area contributed by atoms with E-state index in [1.54, 1.807) is 30.4 Å². The Bertz CT molecular complexity index is 471. The van der Waals surface area contributed by atoms with Crippen molar-refractivity contribution in [3.8, 4) is 0 Å². The van der Waals surface area contributed by atoms with Crippen LogP contribution in [0.15, 0.2) is 52.8 Å². The Morgan fingerprint density at radius 1 is 1.29 bits per heavy atom. The zero-order chi connectivity index (χ0) is 12.1. The number of benzene rings is 1. The molecular formula is C13H15N3S. The maximum atomic E-state index is 5.85. The monoisotopic (exact) mass is 245 g/mol. The first kappa shape index (κ1) is 12.1. The smallest absolute Gasteiger partial charge is 0.119 e. The summed E-state index contributed by atoms with van der Waals surface area (Å²) < 4.78 is 0. The fraction of sp³-hybridized carbons (Fsp3) is 0.231. The fourth-order valence-corrected chi connectivity index (χ4v) is 2.45. The van der Waals surface area contributed by atoms with Gasteiger partial charge in [-0.2, -0.15) is 0 Å². The van der Waals surface area contributed by atoms with Gasteiger partial charge in [0.15, 0.2) is 0 Å². The summed E-state index contributed by atoms with van der Waals surface area (Å²) in [6, 6.07) is 8.44. The minimum atomic E-state index is 0.165. The zero-order valence-corrected chi connectivity index (χ0v) is 10.5. The molecule has 4 heteroatoms. The normalized spacial score (nSPS) is 12.4. The molecular weight excluding hydrogens is 230 g/mol. The van der Waals surface area contributed by atoms with Crippen molar-refractivity contribution in [2.45, 2.75) is 29.3 Å². The number of nitrogens with two attached hydrogens (primary N) is 1. The van der Waals surface area contributed by atoms with Gasteiger partial charge in [0.25, 0.3) is 0 Å². The van der Waals surface area contributed by atoms with Crippen LogP contribution in [0.1, 0.15) is 12.5 Å². The summed E-state index contributed by atoms with van der Waals surface area (Å²) in [5, 5.41) is 0.907. The van der Waals surface area contributed by atoms with Crippen LogP contribution >= 0.6 is 11.8 Å². The van der Waals surface area contributed by atoms with Gasteiger partial charge in [-0.3, -0.25) is 4.98 Å². The highest BCUT2D eigenvalue weighted by atomic mass is 32.2. The number of hydrogen-bond acceptors (Lipinski definition) is 4. The van der Waals surface area contributed by atoms with E-state index in [9.17, 15) is 0 Å². The molecule has 17 heavy (non-hydrogen) atoms. The molecule has 0 fully saturated rings. The molecule has 0 amide bonds. The first-order valence-corrected chi connectivity index (χ1v) is 6.34. The maximum Gasteiger partial charge on any atom is 0.119 e. The van der Waals surface area contributed by atoms with E-state index in [0.717, 1.165) is 11.4 Å². The minimum Gasteiger partial charge on any atom is -0.328 e. The van der Waals surface area contributed by atoms with Gasteiger partial charge in [-0.15, -0.1) is 0 Å². The van der Waals surface area contributed by atoms with Gasteiger partial charge in [-0.05, 0) is 25.0 Å². The summed E-state index contributed by atoms with van der Waals surface area (Å²) in [5.74, 6) is 0. The van der Waals surface area contributed by atoms with Gasteiger partial charge in [-0.1, -0.05) is 30.0 Å². The molecule has 1 unspecified atom stereocenters. The van der Waals surface area contributed by atoms with E-state index >= 15 is 0 Å². The second kappa shape index (κ2) is 5.80. The van der Waals surface area contributed by atoms with Crippen LogP contribution in [0.2, 0.25) is 0 Å². The third-order valence-electron chi connectivity index (χ3n) is 2.27. The molecule has 0 aliphatic heterocycles. The molecule has 88 valence electrons. The van der Waals surface area contributed by atoms with Gasteiger partial charge in [0.1, 0.15) is 5.03 Å². The Labute approximate surface area is 105 Å². The van der Waals surface area contributed by atoms with Gasteiger partial charge >= 0.3 is 0 Å². The first-order valence-electron chi connectivity index (χ1n) is 5.53. The van der Waals surface area contributed by atoms with Crippen molar-refractivity contribution in [2.75, 3.05) is 0 Å². The second-order valence-electron chi connectivity index (χ2n) is 3.93. The molecule has 1 heterocycles. The Hall–Kier alpha value is -1.39. The predicted octanol–water partition coefficient (Wildman–Crippen LogP) is 2.52. The van der Waals surface area contributed by atoms with E-state index in [1.165, 1.54) is 10.5 Å². The number of nitrogens with zero attached hydrogens (tertiary/aromatic N) is 2. The van der Waals surface area contributed by atoms with Crippen LogP contribution in [0.25, 0.3) is 0 Å². The van der Waals surface area contributed by atoms with Crippen LogP contribution < -0.4 is 5.73 Å². The van der Waals surface area contributed by atoms with Gasteiger partial charge in [0.2, 0.25) is 0 Å². The van der Waals surface area contributed by atoms with E-state index in [0.29, 0.717) is 0 Å². The standard InChI is InChI=1S/C13H15N3S/c1-10(14)8-11-4-2-3-5-12(11)17-13-9-15-6-7-16-13/h2-7,9-10H,8,14H2,1H3. The molecule has 2 aromatic rings. The predicted molar refractivity (Wildman–Crippen MR) is 70.0 cm³/mol. The number of hydrogen-bond donors (Lipinski definition) is 1. The van der Waals surface area contributed by atoms with Crippen LogP contribution in [0.4, 0.5) is 0 Å². The molecule has 2 rings (SSSR count). The quantitative estimate of drug-likeness (QED) is 0.899. The van der Waals surface area contributed by atoms with Crippen molar-refractivity contribution in [3.63, 3.8) is 0 Å². The van der Waals surface area contributed by atoms with Crippen molar-refractivity contribution in [3.05, 3.63) is 48.4 Å². The molecule has 0 aliphatic rings. The molecule has 1 aromatic heterocycles. The van der Waals surface area contributed by atoms with E-state index in [1.807, 2.05) is 19.1 Å². The lowest BCUT2D eigenvalue weighted by atomic mass is 10.1. The molecule has 0 spiro atoms. The van der Waals surface area contributed by atoms with E-state index < -0.39 is 0 Å². The van der Waals surface area contributed by atoms with Crippen molar-refractivity contribution in [2.24, 2.45) is 5.73 Å². The average molecular weight is 245 g/mol. The lowest BCUT2D eigenvalue weighted by Gasteiger charge is -2.10. The molecule has 1 aromatic carbocycles. The fourth-order valence-electron chi connectivity index (χ4n) is 1.57. The molecule has 0 bridgehead atoms. The Kier molecular flexibility index (Phi) is 4.12. The molecule has 2 N–H and O–H groups in total. The third kappa shape index (κ3) is 3.54. The molecule has 0 aliphatic carbocycles. The maximum absolute atomic E-state index is 5.85. The first-order chi connectivity index (χ1) is 8.25. The van der Waals surface area contributed by atoms with Crippen molar-refractivity contribution >= 4 is 11.8 Å². The lowest BCUT2D eigenvalue weighted by molar-refractivity contribution is 0.729.